The number of allylic oxidation sites excluding steroid dienone is 36. The van der Waals surface area contributed by atoms with Gasteiger partial charge in [0.05, 0.1) is 17.8 Å². The highest BCUT2D eigenvalue weighted by molar-refractivity contribution is 6.00. The van der Waals surface area contributed by atoms with Gasteiger partial charge in [0.25, 0.3) is 0 Å². The van der Waals surface area contributed by atoms with Gasteiger partial charge in [0, 0.05) is 158 Å². The number of Topliss-reactive ketones (excluding diaryl/α,β-unsaturated/α-hetero) is 2. The molecule has 0 amide bonds. The van der Waals surface area contributed by atoms with Crippen LogP contribution in [0.3, 0.4) is 0 Å². The number of esters is 2. The van der Waals surface area contributed by atoms with Gasteiger partial charge in [-0.05, 0) is 266 Å². The average Bonchev–Trinajstić information content (AvgIpc) is 1.53. The molecule has 9 fully saturated rings. The Balaban J connectivity index is 0.0000000978. The van der Waals surface area contributed by atoms with Crippen LogP contribution >= 0.6 is 0 Å². The fourth-order valence-corrected chi connectivity index (χ4v) is 36.0. The van der Waals surface area contributed by atoms with Crippen LogP contribution in [0.4, 0.5) is 0 Å². The molecule has 30 atom stereocenters. The summed E-state index contributed by atoms with van der Waals surface area (Å²) in [6.07, 6.45) is 88.6. The summed E-state index contributed by atoms with van der Waals surface area (Å²) < 4.78 is 17.9. The molecule has 3 saturated heterocycles. The first-order valence-corrected chi connectivity index (χ1v) is 54.7. The number of hydrogen-bond donors (Lipinski definition) is 2. The Morgan fingerprint density at radius 3 is 1.00 bits per heavy atom. The summed E-state index contributed by atoms with van der Waals surface area (Å²) in [7, 11) is 0. The highest BCUT2D eigenvalue weighted by Crippen LogP contribution is 2.74. The summed E-state index contributed by atoms with van der Waals surface area (Å²) in [6.45, 7) is 33.8. The topological polar surface area (TPSA) is 242 Å². The van der Waals surface area contributed by atoms with Crippen molar-refractivity contribution in [2.75, 3.05) is 6.61 Å². The molecular formula is C127H150O15. The van der Waals surface area contributed by atoms with E-state index < -0.39 is 22.7 Å². The van der Waals surface area contributed by atoms with Gasteiger partial charge in [-0.1, -0.05) is 238 Å². The summed E-state index contributed by atoms with van der Waals surface area (Å²) in [6, 6.07) is 0. The normalized spacial score (nSPS) is 47.7. The Kier molecular flexibility index (Phi) is 22.8. The summed E-state index contributed by atoms with van der Waals surface area (Å²) in [5.41, 5.74) is 13.4. The Hall–Kier alpha value is -9.20. The molecule has 748 valence electrons. The minimum atomic E-state index is -0.993. The van der Waals surface area contributed by atoms with Crippen LogP contribution in [0, 0.1) is 154 Å². The second-order valence-corrected chi connectivity index (χ2v) is 51.8. The third-order valence-corrected chi connectivity index (χ3v) is 46.1. The van der Waals surface area contributed by atoms with Gasteiger partial charge in [-0.25, -0.2) is 0 Å². The molecule has 3 heterocycles. The summed E-state index contributed by atoms with van der Waals surface area (Å²) >= 11 is 0. The molecule has 18 unspecified atom stereocenters. The number of hydrogen-bond acceptors (Lipinski definition) is 15. The van der Waals surface area contributed by atoms with Gasteiger partial charge < -0.3 is 24.4 Å². The lowest BCUT2D eigenvalue weighted by Crippen LogP contribution is -2.50. The first-order chi connectivity index (χ1) is 67.2. The molecule has 24 aliphatic carbocycles. The Morgan fingerprint density at radius 2 is 0.662 bits per heavy atom. The number of carbonyl (C=O) groups excluding carboxylic acids is 10. The van der Waals surface area contributed by atoms with Crippen molar-refractivity contribution >= 4 is 58.2 Å². The Morgan fingerprint density at radius 1 is 0.359 bits per heavy atom. The highest BCUT2D eigenvalue weighted by atomic mass is 16.6. The monoisotopic (exact) mass is 1920 g/mol. The molecule has 6 saturated carbocycles. The lowest BCUT2D eigenvalue weighted by molar-refractivity contribution is -0.162. The van der Waals surface area contributed by atoms with Crippen molar-refractivity contribution in [1.82, 2.24) is 0 Å². The average molecular weight is 1920 g/mol. The third-order valence-electron chi connectivity index (χ3n) is 46.1. The first-order valence-electron chi connectivity index (χ1n) is 54.7. The standard InChI is InChI=1S/C24H28O4.C22H26O3.C21H26O2.C21H24O2.C20H24O2.C19H22O2/c1-14(25)18-13-24(28-21(18)27)11-8-20-17-5-4-15-12-16(26)6-9-22(15,2)19(17)7-10-23(20,24)3;1-20-9-5-15(23)13-14(20)3-4-16-17(20)6-10-21(2)18(16)7-11-22(21)12-8-19(24)25-22;2*1-4-21(23)12-9-18-16-6-5-14-13-15(22)7-10-19(14,2)17(16)8-11-20(18,21)3;1-18-8-5-14(21)11-13(18)3-4-15-16(18)6-9-19(2)17(15)7-10-20(19)12-22-20;1-18-9-7-13(20)11-12(18)3-4-14-15-5-6-17(21)19(15,2)10-8-16(14)18/h4-5,7,12,17-18,20H,6,8-11,13H2,1-3H3;3-4,6,13,16,18H,5,7-12H2,1-2H3;4-6,8,13,16,18,23H,1,7,9-12H2,2-3H3;1,5-6,8,13,16,18,23H,7,9-12H2,2-3H3;3-4,6,11,15,17H,5,7-10,12H2,1-2H3;3-4,8,11,14-15H,5-7,9-10H2,1-2H3/t17?,18?,20?,22-,23-,24?;16?,18?,20-,21-,22?;2*16?,18?,19-,20-,21?;15?,17?,18-,19-,20?;14?,15?,18-,19-/m000000/s1. The van der Waals surface area contributed by atoms with Crippen LogP contribution < -0.4 is 0 Å². The maximum absolute atomic E-state index is 12.4. The number of fused-ring (bicyclic) bond motifs is 33. The van der Waals surface area contributed by atoms with E-state index in [9.17, 15) is 58.2 Å². The lowest BCUT2D eigenvalue weighted by Gasteiger charge is -2.52. The molecular weight excluding hydrogens is 1770 g/mol. The van der Waals surface area contributed by atoms with E-state index in [-0.39, 0.29) is 117 Å². The van der Waals surface area contributed by atoms with Crippen LogP contribution in [0.15, 0.2) is 225 Å². The van der Waals surface area contributed by atoms with E-state index in [2.05, 4.69) is 205 Å². The van der Waals surface area contributed by atoms with Crippen molar-refractivity contribution in [3.63, 3.8) is 0 Å². The third kappa shape index (κ3) is 13.9. The van der Waals surface area contributed by atoms with Crippen molar-refractivity contribution in [2.24, 2.45) is 142 Å². The molecule has 0 radical (unpaired) electrons. The van der Waals surface area contributed by atoms with Gasteiger partial charge in [-0.3, -0.25) is 47.9 Å². The van der Waals surface area contributed by atoms with Crippen molar-refractivity contribution in [3.05, 3.63) is 225 Å². The largest absolute Gasteiger partial charge is 0.458 e. The predicted molar refractivity (Wildman–Crippen MR) is 548 cm³/mol. The Labute approximate surface area is 841 Å². The molecule has 0 aromatic carbocycles. The zero-order chi connectivity index (χ0) is 100. The summed E-state index contributed by atoms with van der Waals surface area (Å²) in [5, 5.41) is 22.0. The number of epoxide rings is 1. The zero-order valence-electron chi connectivity index (χ0n) is 86.5. The number of aliphatic hydroxyl groups is 2. The van der Waals surface area contributed by atoms with Crippen LogP contribution in [0.5, 0.6) is 0 Å². The zero-order valence-corrected chi connectivity index (χ0v) is 86.5. The number of ketones is 8. The molecule has 2 N–H and O–H groups in total. The number of ether oxygens (including phenoxy) is 3. The fourth-order valence-electron chi connectivity index (χ4n) is 36.0. The predicted octanol–water partition coefficient (Wildman–Crippen LogP) is 23.9. The van der Waals surface area contributed by atoms with Crippen molar-refractivity contribution < 1.29 is 72.4 Å². The molecule has 27 aliphatic rings. The van der Waals surface area contributed by atoms with Crippen LogP contribution in [0.2, 0.25) is 0 Å². The molecule has 142 heavy (non-hydrogen) atoms. The van der Waals surface area contributed by atoms with Crippen LogP contribution in [0.25, 0.3) is 0 Å². The fraction of sp³-hybridized carbons (Fsp3) is 0.606. The molecule has 0 aromatic heterocycles. The molecule has 3 spiro atoms. The number of terminal acetylenes is 1. The van der Waals surface area contributed by atoms with Gasteiger partial charge in [0.1, 0.15) is 34.3 Å². The summed E-state index contributed by atoms with van der Waals surface area (Å²) in [4.78, 5) is 120. The van der Waals surface area contributed by atoms with Gasteiger partial charge in [0.15, 0.2) is 34.7 Å². The summed E-state index contributed by atoms with van der Waals surface area (Å²) in [5.74, 6) is 9.01. The van der Waals surface area contributed by atoms with Gasteiger partial charge in [-0.15, -0.1) is 13.0 Å². The minimum absolute atomic E-state index is 0.00351. The SMILES string of the molecule is C#CC1(O)CCC2C3C=CC4=CC(=O)CC[C@]4(C)C3=CC[C@@]21C.C=CC1(O)CCC2C3C=CC4=CC(=O)CC[C@]4(C)C3=CC[C@@]21C.CC(=O)C1CC2(CCC3C4C=CC5=CC(=O)CC[C@]5(C)C4=CC[C@@]32C)OC1=O.C[C@]12CCC(=O)C=C1C=CC1C2=CC[C@@]2(C)C1CCC21CCC(=O)O1.C[C@]12CCC(=O)C=C1C=CC1C2=CC[C@@]2(C)C1CCC21CO1.C[C@]12CCC(=O)C=C1C=CC1C2=CC[C@]2(C)C(=O)CCC12. The van der Waals surface area contributed by atoms with Gasteiger partial charge in [0.2, 0.25) is 0 Å². The highest BCUT2D eigenvalue weighted by Gasteiger charge is 2.72. The van der Waals surface area contributed by atoms with E-state index in [1.54, 1.807) is 11.6 Å². The van der Waals surface area contributed by atoms with Crippen molar-refractivity contribution in [1.29, 1.82) is 0 Å². The maximum atomic E-state index is 12.4. The molecule has 15 nitrogen and oxygen atoms in total. The first kappa shape index (κ1) is 97.5. The van der Waals surface area contributed by atoms with E-state index in [0.29, 0.717) is 146 Å². The van der Waals surface area contributed by atoms with Crippen LogP contribution in [-0.2, 0) is 62.2 Å². The van der Waals surface area contributed by atoms with Crippen LogP contribution in [-0.4, -0.2) is 103 Å². The lowest BCUT2D eigenvalue weighted by atomic mass is 9.52. The van der Waals surface area contributed by atoms with E-state index in [1.807, 2.05) is 36.5 Å². The second kappa shape index (κ2) is 33.2. The van der Waals surface area contributed by atoms with Crippen molar-refractivity contribution in [2.45, 2.75) is 330 Å². The van der Waals surface area contributed by atoms with E-state index in [0.717, 1.165) is 159 Å². The van der Waals surface area contributed by atoms with E-state index >= 15 is 0 Å². The Bertz CT molecular complexity index is 6290. The quantitative estimate of drug-likeness (QED) is 0.0859. The molecule has 0 aromatic rings. The minimum Gasteiger partial charge on any atom is -0.458 e. The molecule has 0 bridgehead atoms. The molecule has 15 heteroatoms. The number of rotatable bonds is 2. The van der Waals surface area contributed by atoms with E-state index in [4.69, 9.17) is 20.6 Å². The van der Waals surface area contributed by atoms with Gasteiger partial charge in [-0.2, -0.15) is 0 Å². The maximum Gasteiger partial charge on any atom is 0.317 e. The van der Waals surface area contributed by atoms with Gasteiger partial charge >= 0.3 is 11.9 Å². The van der Waals surface area contributed by atoms with Crippen LogP contribution in [0.1, 0.15) is 302 Å². The van der Waals surface area contributed by atoms with E-state index in [1.165, 1.54) is 69.9 Å². The smallest absolute Gasteiger partial charge is 0.317 e. The van der Waals surface area contributed by atoms with Crippen molar-refractivity contribution in [3.8, 4) is 12.3 Å². The second-order valence-electron chi connectivity index (χ2n) is 51.8. The molecule has 27 rings (SSSR count). The molecule has 3 aliphatic heterocycles. The number of carbonyl (C=O) groups is 10.